The molecule has 3 aromatic carbocycles. The van der Waals surface area contributed by atoms with Gasteiger partial charge in [-0.05, 0) is 34.9 Å². The third kappa shape index (κ3) is 2.38. The normalized spacial score (nSPS) is 12.5. The summed E-state index contributed by atoms with van der Waals surface area (Å²) in [5, 5.41) is 12.8. The van der Waals surface area contributed by atoms with Gasteiger partial charge in [-0.15, -0.1) is 0 Å². The molecule has 1 nitrogen and oxygen atoms in total. The van der Waals surface area contributed by atoms with Gasteiger partial charge in [-0.1, -0.05) is 66.2 Å². The third-order valence-corrected chi connectivity index (χ3v) is 3.48. The average molecular weight is 248 g/mol. The van der Waals surface area contributed by atoms with E-state index in [4.69, 9.17) is 0 Å². The zero-order chi connectivity index (χ0) is 13.2. The Morgan fingerprint density at radius 2 is 1.37 bits per heavy atom. The molecule has 0 aromatic heterocycles. The van der Waals surface area contributed by atoms with Crippen LogP contribution in [0, 0.1) is 6.92 Å². The maximum absolute atomic E-state index is 10.4. The number of benzene rings is 3. The topological polar surface area (TPSA) is 20.2 Å². The van der Waals surface area contributed by atoms with E-state index < -0.39 is 6.10 Å². The number of fused-ring (bicyclic) bond motifs is 1. The first-order valence-corrected chi connectivity index (χ1v) is 6.47. The van der Waals surface area contributed by atoms with Crippen molar-refractivity contribution < 1.29 is 5.11 Å². The van der Waals surface area contributed by atoms with Gasteiger partial charge in [0.2, 0.25) is 0 Å². The molecule has 0 aliphatic carbocycles. The highest BCUT2D eigenvalue weighted by atomic mass is 16.3. The standard InChI is InChI=1S/C18H16O/c1-13-6-8-15(9-7-13)18(19)17-11-10-14-4-2-3-5-16(14)12-17/h2-12,18-19H,1H3. The Morgan fingerprint density at radius 3 is 2.11 bits per heavy atom. The quantitative estimate of drug-likeness (QED) is 0.719. The van der Waals surface area contributed by atoms with Gasteiger partial charge in [-0.25, -0.2) is 0 Å². The second-order valence-electron chi connectivity index (χ2n) is 4.92. The van der Waals surface area contributed by atoms with Gasteiger partial charge in [0.15, 0.2) is 0 Å². The summed E-state index contributed by atoms with van der Waals surface area (Å²) in [6, 6.07) is 22.3. The van der Waals surface area contributed by atoms with Crippen LogP contribution in [0.4, 0.5) is 0 Å². The molecule has 0 aliphatic rings. The summed E-state index contributed by atoms with van der Waals surface area (Å²) >= 11 is 0. The van der Waals surface area contributed by atoms with Gasteiger partial charge in [0.1, 0.15) is 6.10 Å². The lowest BCUT2D eigenvalue weighted by Crippen LogP contribution is -1.99. The largest absolute Gasteiger partial charge is 0.384 e. The highest BCUT2D eigenvalue weighted by Gasteiger charge is 2.10. The summed E-state index contributed by atoms with van der Waals surface area (Å²) in [6.07, 6.45) is -0.565. The summed E-state index contributed by atoms with van der Waals surface area (Å²) < 4.78 is 0. The third-order valence-electron chi connectivity index (χ3n) is 3.48. The van der Waals surface area contributed by atoms with E-state index in [-0.39, 0.29) is 0 Å². The van der Waals surface area contributed by atoms with Gasteiger partial charge in [0.25, 0.3) is 0 Å². The molecule has 0 radical (unpaired) electrons. The molecule has 3 aromatic rings. The van der Waals surface area contributed by atoms with Gasteiger partial charge in [-0.3, -0.25) is 0 Å². The van der Waals surface area contributed by atoms with Crippen LogP contribution in [0.15, 0.2) is 66.7 Å². The highest BCUT2D eigenvalue weighted by molar-refractivity contribution is 5.83. The average Bonchev–Trinajstić information content (AvgIpc) is 2.47. The monoisotopic (exact) mass is 248 g/mol. The fourth-order valence-corrected chi connectivity index (χ4v) is 2.32. The summed E-state index contributed by atoms with van der Waals surface area (Å²) in [5.74, 6) is 0. The Labute approximate surface area is 113 Å². The maximum Gasteiger partial charge on any atom is 0.104 e. The minimum absolute atomic E-state index is 0.565. The molecule has 94 valence electrons. The number of aliphatic hydroxyl groups is 1. The van der Waals surface area contributed by atoms with Crippen molar-refractivity contribution in [3.05, 3.63) is 83.4 Å². The van der Waals surface area contributed by atoms with Crippen molar-refractivity contribution in [2.75, 3.05) is 0 Å². The van der Waals surface area contributed by atoms with E-state index in [1.54, 1.807) is 0 Å². The Hall–Kier alpha value is -2.12. The molecule has 0 bridgehead atoms. The van der Waals surface area contributed by atoms with E-state index >= 15 is 0 Å². The molecule has 1 atom stereocenters. The lowest BCUT2D eigenvalue weighted by Gasteiger charge is -2.12. The minimum Gasteiger partial charge on any atom is -0.384 e. The van der Waals surface area contributed by atoms with Crippen LogP contribution in [-0.2, 0) is 0 Å². The number of aryl methyl sites for hydroxylation is 1. The molecule has 1 unspecified atom stereocenters. The minimum atomic E-state index is -0.565. The molecule has 0 spiro atoms. The van der Waals surface area contributed by atoms with Crippen molar-refractivity contribution in [1.29, 1.82) is 0 Å². The molecule has 3 rings (SSSR count). The van der Waals surface area contributed by atoms with Gasteiger partial charge < -0.3 is 5.11 Å². The molecular formula is C18H16O. The van der Waals surface area contributed by atoms with Gasteiger partial charge in [0, 0.05) is 0 Å². The summed E-state index contributed by atoms with van der Waals surface area (Å²) in [4.78, 5) is 0. The van der Waals surface area contributed by atoms with Crippen LogP contribution in [0.1, 0.15) is 22.8 Å². The SMILES string of the molecule is Cc1ccc(C(O)c2ccc3ccccc3c2)cc1. The van der Waals surface area contributed by atoms with Crippen LogP contribution in [-0.4, -0.2) is 5.11 Å². The Kier molecular flexibility index (Phi) is 3.06. The first-order chi connectivity index (χ1) is 9.24. The van der Waals surface area contributed by atoms with E-state index in [0.29, 0.717) is 0 Å². The zero-order valence-corrected chi connectivity index (χ0v) is 10.9. The molecular weight excluding hydrogens is 232 g/mol. The van der Waals surface area contributed by atoms with Gasteiger partial charge in [0.05, 0.1) is 0 Å². The number of hydrogen-bond acceptors (Lipinski definition) is 1. The van der Waals surface area contributed by atoms with Gasteiger partial charge in [-0.2, -0.15) is 0 Å². The first kappa shape index (κ1) is 11.9. The Morgan fingerprint density at radius 1 is 0.737 bits per heavy atom. The van der Waals surface area contributed by atoms with E-state index in [1.165, 1.54) is 10.9 Å². The fraction of sp³-hybridized carbons (Fsp3) is 0.111. The van der Waals surface area contributed by atoms with Crippen LogP contribution in [0.2, 0.25) is 0 Å². The van der Waals surface area contributed by atoms with Gasteiger partial charge >= 0.3 is 0 Å². The number of hydrogen-bond donors (Lipinski definition) is 1. The molecule has 1 N–H and O–H groups in total. The van der Waals surface area contributed by atoms with E-state index in [9.17, 15) is 5.11 Å². The summed E-state index contributed by atoms with van der Waals surface area (Å²) in [7, 11) is 0. The number of aliphatic hydroxyl groups excluding tert-OH is 1. The van der Waals surface area contributed by atoms with Crippen molar-refractivity contribution in [3.63, 3.8) is 0 Å². The highest BCUT2D eigenvalue weighted by Crippen LogP contribution is 2.25. The molecule has 1 heteroatoms. The Balaban J connectivity index is 2.01. The van der Waals surface area contributed by atoms with E-state index in [1.807, 2.05) is 49.4 Å². The second-order valence-corrected chi connectivity index (χ2v) is 4.92. The maximum atomic E-state index is 10.4. The van der Waals surface area contributed by atoms with E-state index in [0.717, 1.165) is 16.5 Å². The first-order valence-electron chi connectivity index (χ1n) is 6.47. The summed E-state index contributed by atoms with van der Waals surface area (Å²) in [5.41, 5.74) is 3.07. The molecule has 19 heavy (non-hydrogen) atoms. The molecule has 0 fully saturated rings. The molecule has 0 saturated heterocycles. The smallest absolute Gasteiger partial charge is 0.104 e. The lowest BCUT2D eigenvalue weighted by molar-refractivity contribution is 0.220. The number of rotatable bonds is 2. The van der Waals surface area contributed by atoms with E-state index in [2.05, 4.69) is 24.3 Å². The molecule has 0 saturated carbocycles. The van der Waals surface area contributed by atoms with Crippen molar-refractivity contribution in [2.45, 2.75) is 13.0 Å². The predicted octanol–water partition coefficient (Wildman–Crippen LogP) is 4.23. The second kappa shape index (κ2) is 4.87. The van der Waals surface area contributed by atoms with Crippen molar-refractivity contribution in [3.8, 4) is 0 Å². The lowest BCUT2D eigenvalue weighted by atomic mass is 9.98. The fourth-order valence-electron chi connectivity index (χ4n) is 2.32. The molecule has 0 heterocycles. The van der Waals surface area contributed by atoms with Crippen LogP contribution in [0.25, 0.3) is 10.8 Å². The summed E-state index contributed by atoms with van der Waals surface area (Å²) in [6.45, 7) is 2.05. The predicted molar refractivity (Wildman–Crippen MR) is 79.2 cm³/mol. The van der Waals surface area contributed by atoms with Crippen LogP contribution >= 0.6 is 0 Å². The molecule has 0 amide bonds. The van der Waals surface area contributed by atoms with Crippen LogP contribution < -0.4 is 0 Å². The molecule has 0 aliphatic heterocycles. The van der Waals surface area contributed by atoms with Crippen molar-refractivity contribution in [1.82, 2.24) is 0 Å². The zero-order valence-electron chi connectivity index (χ0n) is 10.9. The van der Waals surface area contributed by atoms with Crippen LogP contribution in [0.3, 0.4) is 0 Å². The van der Waals surface area contributed by atoms with Crippen molar-refractivity contribution >= 4 is 10.8 Å². The van der Waals surface area contributed by atoms with Crippen molar-refractivity contribution in [2.24, 2.45) is 0 Å². The van der Waals surface area contributed by atoms with Crippen LogP contribution in [0.5, 0.6) is 0 Å². The Bertz CT molecular complexity index is 698.